The maximum Gasteiger partial charge on any atom is 0.282 e. The Hall–Kier alpha value is -3.37. The summed E-state index contributed by atoms with van der Waals surface area (Å²) < 4.78 is 0. The van der Waals surface area contributed by atoms with Gasteiger partial charge in [0.1, 0.15) is 5.70 Å². The Kier molecular flexibility index (Phi) is 5.42. The first-order chi connectivity index (χ1) is 14.8. The fourth-order valence-electron chi connectivity index (χ4n) is 3.72. The van der Waals surface area contributed by atoms with Crippen LogP contribution < -0.4 is 9.80 Å². The van der Waals surface area contributed by atoms with E-state index in [9.17, 15) is 9.59 Å². The highest BCUT2D eigenvalue weighted by atomic mass is 35.5. The lowest BCUT2D eigenvalue weighted by Crippen LogP contribution is -2.34. The zero-order chi connectivity index (χ0) is 22.3. The van der Waals surface area contributed by atoms with Crippen molar-refractivity contribution in [2.45, 2.75) is 20.8 Å². The highest BCUT2D eigenvalue weighted by Crippen LogP contribution is 2.37. The normalized spacial score (nSPS) is 13.9. The predicted molar refractivity (Wildman–Crippen MR) is 126 cm³/mol. The van der Waals surface area contributed by atoms with Crippen LogP contribution in [-0.4, -0.2) is 18.9 Å². The molecule has 0 N–H and O–H groups in total. The van der Waals surface area contributed by atoms with Crippen LogP contribution in [0.4, 0.5) is 11.4 Å². The Bertz CT molecular complexity index is 1230. The highest BCUT2D eigenvalue weighted by Gasteiger charge is 2.42. The number of halogens is 1. The summed E-state index contributed by atoms with van der Waals surface area (Å²) in [5.74, 6) is -0.726. The van der Waals surface area contributed by atoms with E-state index in [0.29, 0.717) is 22.0 Å². The van der Waals surface area contributed by atoms with E-state index in [0.717, 1.165) is 27.9 Å². The number of anilines is 2. The SMILES string of the molecule is Cc1ccc(C2=C(N(C)c3ccccc3)C(=O)N(c3ccc(C)c(Cl)c3)C2=O)cc1C. The van der Waals surface area contributed by atoms with Crippen molar-refractivity contribution in [1.29, 1.82) is 0 Å². The molecule has 31 heavy (non-hydrogen) atoms. The third kappa shape index (κ3) is 3.64. The highest BCUT2D eigenvalue weighted by molar-refractivity contribution is 6.46. The Balaban J connectivity index is 1.90. The van der Waals surface area contributed by atoms with E-state index in [4.69, 9.17) is 11.6 Å². The molecule has 1 aliphatic heterocycles. The lowest BCUT2D eigenvalue weighted by molar-refractivity contribution is -0.120. The van der Waals surface area contributed by atoms with Gasteiger partial charge in [0.25, 0.3) is 11.8 Å². The monoisotopic (exact) mass is 430 g/mol. The van der Waals surface area contributed by atoms with Crippen molar-refractivity contribution in [3.8, 4) is 0 Å². The number of likely N-dealkylation sites (N-methyl/N-ethyl adjacent to an activating group) is 1. The van der Waals surface area contributed by atoms with E-state index in [1.54, 1.807) is 17.0 Å². The molecule has 0 saturated carbocycles. The third-order valence-corrected chi connectivity index (χ3v) is 6.15. The minimum absolute atomic E-state index is 0.344. The van der Waals surface area contributed by atoms with E-state index in [2.05, 4.69) is 0 Å². The van der Waals surface area contributed by atoms with Gasteiger partial charge in [-0.05, 0) is 67.3 Å². The molecule has 0 saturated heterocycles. The van der Waals surface area contributed by atoms with Gasteiger partial charge in [0, 0.05) is 17.8 Å². The topological polar surface area (TPSA) is 40.6 Å². The van der Waals surface area contributed by atoms with Crippen LogP contribution in [0.3, 0.4) is 0 Å². The van der Waals surface area contributed by atoms with E-state index in [-0.39, 0.29) is 11.8 Å². The minimum Gasteiger partial charge on any atom is -0.339 e. The van der Waals surface area contributed by atoms with Gasteiger partial charge in [-0.1, -0.05) is 54.1 Å². The molecule has 156 valence electrons. The number of imide groups is 1. The molecule has 5 heteroatoms. The van der Waals surface area contributed by atoms with Crippen LogP contribution in [0.15, 0.2) is 72.4 Å². The van der Waals surface area contributed by atoms with E-state index in [1.807, 2.05) is 82.4 Å². The molecule has 1 heterocycles. The van der Waals surface area contributed by atoms with Crippen molar-refractivity contribution in [1.82, 2.24) is 0 Å². The summed E-state index contributed by atoms with van der Waals surface area (Å²) in [7, 11) is 1.81. The Labute approximate surface area is 187 Å². The van der Waals surface area contributed by atoms with Gasteiger partial charge in [-0.2, -0.15) is 0 Å². The molecule has 0 radical (unpaired) electrons. The first-order valence-corrected chi connectivity index (χ1v) is 10.4. The van der Waals surface area contributed by atoms with Crippen LogP contribution in [0.1, 0.15) is 22.3 Å². The molecule has 0 aliphatic carbocycles. The lowest BCUT2D eigenvalue weighted by Gasteiger charge is -2.22. The van der Waals surface area contributed by atoms with Gasteiger partial charge in [0.05, 0.1) is 11.3 Å². The Morgan fingerprint density at radius 3 is 2.10 bits per heavy atom. The summed E-state index contributed by atoms with van der Waals surface area (Å²) in [6.07, 6.45) is 0. The standard InChI is InChI=1S/C26H23ClN2O2/c1-16-10-12-19(14-18(16)3)23-24(28(4)20-8-6-5-7-9-20)26(31)29(25(23)30)21-13-11-17(2)22(27)15-21/h5-15H,1-4H3. The van der Waals surface area contributed by atoms with Gasteiger partial charge in [-0.15, -0.1) is 0 Å². The second-order valence-electron chi connectivity index (χ2n) is 7.80. The van der Waals surface area contributed by atoms with E-state index < -0.39 is 0 Å². The minimum atomic E-state index is -0.371. The van der Waals surface area contributed by atoms with Crippen LogP contribution in [0.5, 0.6) is 0 Å². The fourth-order valence-corrected chi connectivity index (χ4v) is 3.90. The molecule has 1 aliphatic rings. The average Bonchev–Trinajstić information content (AvgIpc) is 3.02. The molecule has 0 bridgehead atoms. The van der Waals surface area contributed by atoms with Crippen LogP contribution in [0, 0.1) is 20.8 Å². The van der Waals surface area contributed by atoms with Crippen molar-refractivity contribution >= 4 is 40.4 Å². The first kappa shape index (κ1) is 20.9. The first-order valence-electron chi connectivity index (χ1n) is 10.0. The van der Waals surface area contributed by atoms with Gasteiger partial charge in [-0.25, -0.2) is 4.90 Å². The molecule has 0 aromatic heterocycles. The van der Waals surface area contributed by atoms with E-state index in [1.165, 1.54) is 4.90 Å². The smallest absolute Gasteiger partial charge is 0.282 e. The van der Waals surface area contributed by atoms with Gasteiger partial charge in [0.15, 0.2) is 0 Å². The summed E-state index contributed by atoms with van der Waals surface area (Å²) >= 11 is 6.30. The number of hydrogen-bond acceptors (Lipinski definition) is 3. The number of carbonyl (C=O) groups excluding carboxylic acids is 2. The molecule has 4 rings (SSSR count). The second-order valence-corrected chi connectivity index (χ2v) is 8.20. The summed E-state index contributed by atoms with van der Waals surface area (Å²) in [6, 6.07) is 20.6. The molecule has 0 unspecified atom stereocenters. The van der Waals surface area contributed by atoms with Crippen LogP contribution in [-0.2, 0) is 9.59 Å². The van der Waals surface area contributed by atoms with Gasteiger partial charge >= 0.3 is 0 Å². The molecule has 3 aromatic rings. The Morgan fingerprint density at radius 1 is 0.774 bits per heavy atom. The number of para-hydroxylation sites is 1. The lowest BCUT2D eigenvalue weighted by atomic mass is 9.99. The maximum absolute atomic E-state index is 13.6. The summed E-state index contributed by atoms with van der Waals surface area (Å²) in [5, 5.41) is 0.510. The summed E-state index contributed by atoms with van der Waals surface area (Å²) in [5.41, 5.74) is 5.80. The van der Waals surface area contributed by atoms with Crippen molar-refractivity contribution in [2.24, 2.45) is 0 Å². The largest absolute Gasteiger partial charge is 0.339 e. The van der Waals surface area contributed by atoms with Gasteiger partial charge < -0.3 is 4.90 Å². The summed E-state index contributed by atoms with van der Waals surface area (Å²) in [6.45, 7) is 5.90. The molecule has 3 aromatic carbocycles. The fraction of sp³-hybridized carbons (Fsp3) is 0.154. The van der Waals surface area contributed by atoms with Crippen molar-refractivity contribution in [3.63, 3.8) is 0 Å². The molecule has 0 spiro atoms. The molecule has 4 nitrogen and oxygen atoms in total. The number of benzene rings is 3. The van der Waals surface area contributed by atoms with Crippen molar-refractivity contribution < 1.29 is 9.59 Å². The molecule has 0 atom stereocenters. The second kappa shape index (κ2) is 8.05. The number of hydrogen-bond donors (Lipinski definition) is 0. The molecule has 2 amide bonds. The van der Waals surface area contributed by atoms with Crippen molar-refractivity contribution in [2.75, 3.05) is 16.8 Å². The zero-order valence-electron chi connectivity index (χ0n) is 17.9. The van der Waals surface area contributed by atoms with E-state index >= 15 is 0 Å². The number of rotatable bonds is 4. The molecule has 0 fully saturated rings. The van der Waals surface area contributed by atoms with Crippen molar-refractivity contribution in [3.05, 3.63) is 99.7 Å². The zero-order valence-corrected chi connectivity index (χ0v) is 18.7. The number of amides is 2. The number of aryl methyl sites for hydroxylation is 3. The quantitative estimate of drug-likeness (QED) is 0.499. The molecular weight excluding hydrogens is 408 g/mol. The third-order valence-electron chi connectivity index (χ3n) is 5.75. The average molecular weight is 431 g/mol. The van der Waals surface area contributed by atoms with Gasteiger partial charge in [0.2, 0.25) is 0 Å². The van der Waals surface area contributed by atoms with Crippen LogP contribution in [0.25, 0.3) is 5.57 Å². The van der Waals surface area contributed by atoms with Crippen LogP contribution >= 0.6 is 11.6 Å². The van der Waals surface area contributed by atoms with Gasteiger partial charge in [-0.3, -0.25) is 9.59 Å². The maximum atomic E-state index is 13.6. The molecular formula is C26H23ClN2O2. The summed E-state index contributed by atoms with van der Waals surface area (Å²) in [4.78, 5) is 30.2. The van der Waals surface area contributed by atoms with Crippen LogP contribution in [0.2, 0.25) is 5.02 Å². The Morgan fingerprint density at radius 2 is 1.45 bits per heavy atom. The number of nitrogens with zero attached hydrogens (tertiary/aromatic N) is 2. The number of carbonyl (C=O) groups is 2. The predicted octanol–water partition coefficient (Wildman–Crippen LogP) is 5.69.